The van der Waals surface area contributed by atoms with Gasteiger partial charge in [0.25, 0.3) is 0 Å². The molecule has 0 amide bonds. The molecular weight excluding hydrogens is 1260 g/mol. The summed E-state index contributed by atoms with van der Waals surface area (Å²) < 4.78 is 34.1. The standard InChI is InChI=1S/2C13H20O2.C13H18O2.C11H12O3.C7H10O4.C4H6O2.C3H5ClO2.C2H3ClO2.CH3.ClH.Mg.Na/c3*1-12(2)8-13(11(14)15-12)7-9-3-5-10(13)6-4-9;12-9-6-11(10(13)14-9)5-7-1-3-8(11)4-2-7;1-5(2)7(9)11-4-6(8)10-3;1-3(2)4(5)6;1-6-3(5)2-4;3-1-2(4)5;;;;/h2*9-10H,3-8H2,1-2H3;3,5,9-10H,4,6-8H2,1-2H3;1,3,7-8H,2,4-6H2;1,4H2,2-3H3;1H2,2H3,(H,5,6);2H2,1H3;1H2,(H,4,5);1H3;1H;;/q;;;;;;;;-1;;+2;+1/p-2. The Hall–Kier alpha value is -3.50. The maximum absolute atomic E-state index is 12.1. The average molecular weight is 1360 g/mol. The van der Waals surface area contributed by atoms with E-state index in [0.717, 1.165) is 69.6 Å². The monoisotopic (exact) mass is 1360 g/mol. The zero-order chi connectivity index (χ0) is 65.1. The minimum absolute atomic E-state index is 0. The smallest absolute Gasteiger partial charge is 1.00 e. The molecule has 8 unspecified atom stereocenters. The zero-order valence-corrected chi connectivity index (χ0v) is 61.4. The van der Waals surface area contributed by atoms with Crippen molar-refractivity contribution in [2.24, 2.45) is 69.0 Å². The van der Waals surface area contributed by atoms with Crippen LogP contribution in [-0.4, -0.2) is 137 Å². The first-order valence-corrected chi connectivity index (χ1v) is 31.6. The Morgan fingerprint density at radius 2 is 0.934 bits per heavy atom. The van der Waals surface area contributed by atoms with Crippen LogP contribution in [0.25, 0.3) is 0 Å². The number of allylic oxidation sites excluding steroid dienone is 4. The Labute approximate surface area is 592 Å². The number of carboxylic acid groups (broad SMARTS) is 2. The van der Waals surface area contributed by atoms with Gasteiger partial charge >= 0.3 is 106 Å². The van der Waals surface area contributed by atoms with Crippen molar-refractivity contribution in [3.63, 3.8) is 0 Å². The van der Waals surface area contributed by atoms with Gasteiger partial charge < -0.3 is 68.0 Å². The second kappa shape index (κ2) is 36.0. The summed E-state index contributed by atoms with van der Waals surface area (Å²) in [4.78, 5) is 109. The first-order valence-electron chi connectivity index (χ1n) is 30.6. The number of aliphatic carboxylic acids is 2. The van der Waals surface area contributed by atoms with Gasteiger partial charge in [-0.15, -0.1) is 23.2 Å². The van der Waals surface area contributed by atoms with Gasteiger partial charge in [-0.3, -0.25) is 33.6 Å². The van der Waals surface area contributed by atoms with Gasteiger partial charge in [-0.2, -0.15) is 0 Å². The molecule has 0 aromatic rings. The van der Waals surface area contributed by atoms with Crippen LogP contribution in [0.15, 0.2) is 48.6 Å². The summed E-state index contributed by atoms with van der Waals surface area (Å²) in [6.07, 6.45) is 31.1. The predicted molar refractivity (Wildman–Crippen MR) is 331 cm³/mol. The molecule has 0 aromatic heterocycles. The number of fused-ring (bicyclic) bond motifs is 6. The molecular formula is C67H96Cl3MgNaO19. The third-order valence-electron chi connectivity index (χ3n) is 19.5. The average Bonchev–Trinajstić information content (AvgIpc) is 1.70. The Morgan fingerprint density at radius 1 is 0.571 bits per heavy atom. The van der Waals surface area contributed by atoms with Crippen LogP contribution in [0.1, 0.15) is 184 Å². The van der Waals surface area contributed by atoms with E-state index < -0.39 is 35.3 Å². The molecule has 8 saturated carbocycles. The van der Waals surface area contributed by atoms with Crippen LogP contribution in [-0.2, 0) is 81.1 Å². The van der Waals surface area contributed by atoms with Crippen LogP contribution in [0.2, 0.25) is 0 Å². The van der Waals surface area contributed by atoms with E-state index in [2.05, 4.69) is 79.4 Å². The second-order valence-electron chi connectivity index (χ2n) is 27.7. The van der Waals surface area contributed by atoms with E-state index in [-0.39, 0.29) is 171 Å². The third-order valence-corrected chi connectivity index (χ3v) is 19.9. The van der Waals surface area contributed by atoms with Crippen LogP contribution in [0.4, 0.5) is 0 Å². The summed E-state index contributed by atoms with van der Waals surface area (Å²) >= 11 is 9.71. The minimum Gasteiger partial charge on any atom is -1.00 e. The number of hydrogen-bond acceptors (Lipinski definition) is 18. The number of halogens is 3. The van der Waals surface area contributed by atoms with E-state index in [1.807, 2.05) is 13.8 Å². The number of methoxy groups -OCH3 is 2. The minimum atomic E-state index is -1.19. The van der Waals surface area contributed by atoms with Gasteiger partial charge in [-0.05, 0) is 185 Å². The van der Waals surface area contributed by atoms with E-state index in [9.17, 15) is 53.1 Å². The van der Waals surface area contributed by atoms with Crippen molar-refractivity contribution in [3.05, 3.63) is 56.0 Å². The first-order chi connectivity index (χ1) is 40.6. The van der Waals surface area contributed by atoms with Gasteiger partial charge in [0.2, 0.25) is 0 Å². The van der Waals surface area contributed by atoms with Crippen molar-refractivity contribution in [3.8, 4) is 0 Å². The van der Waals surface area contributed by atoms with Crippen molar-refractivity contribution >= 4 is 106 Å². The largest absolute Gasteiger partial charge is 2.00 e. The van der Waals surface area contributed by atoms with Crippen molar-refractivity contribution in [1.82, 2.24) is 0 Å². The number of carbonyl (C=O) groups excluding carboxylic acids is 9. The van der Waals surface area contributed by atoms with Gasteiger partial charge in [0.1, 0.15) is 28.6 Å². The molecule has 4 heterocycles. The number of rotatable bonds is 6. The summed E-state index contributed by atoms with van der Waals surface area (Å²) in [5, 5.41) is 17.1. The molecule has 8 atom stereocenters. The number of hydrogen-bond donors (Lipinski definition) is 1. The van der Waals surface area contributed by atoms with Crippen LogP contribution >= 0.6 is 23.2 Å². The fourth-order valence-corrected chi connectivity index (χ4v) is 16.0. The number of esters is 8. The second-order valence-corrected chi connectivity index (χ2v) is 28.2. The molecule has 4 saturated heterocycles. The summed E-state index contributed by atoms with van der Waals surface area (Å²) in [5.41, 5.74) is -1.15. The van der Waals surface area contributed by atoms with Crippen molar-refractivity contribution in [1.29, 1.82) is 0 Å². The van der Waals surface area contributed by atoms with E-state index in [0.29, 0.717) is 36.0 Å². The maximum atomic E-state index is 12.1. The number of carboxylic acids is 2. The third kappa shape index (κ3) is 22.0. The van der Waals surface area contributed by atoms with Gasteiger partial charge in [0, 0.05) is 24.8 Å². The molecule has 24 heteroatoms. The van der Waals surface area contributed by atoms with E-state index in [4.69, 9.17) is 47.3 Å². The molecule has 16 aliphatic rings. The van der Waals surface area contributed by atoms with E-state index in [1.165, 1.54) is 92.3 Å². The number of carbonyl (C=O) groups is 10. The fraction of sp³-hybridized carbons (Fsp3) is 0.716. The molecule has 12 aliphatic carbocycles. The number of cyclic esters (lactones) is 5. The SMILES string of the molecule is C=C(C)C(=O)OCC(=O)OC.C=C(C)C(=O)[O-].CC1(C)CC2(CC3C=CC2CC3)C(=O)O1.CC1(C)CC2(CC3CCC2CC3)C(=O)O1.CC1(C)CC2(CC3CCC2CC3)C(=O)O1.COC(=O)CCl.O=C(O)CCl.O=C1CC2(CC3C=CC2CC3)C(=O)O1.[CH3-].[Cl-].[Mg+2].[Na+]. The molecule has 0 radical (unpaired) electrons. The van der Waals surface area contributed by atoms with Crippen molar-refractivity contribution in [2.45, 2.75) is 201 Å². The van der Waals surface area contributed by atoms with Gasteiger partial charge in [-0.1, -0.05) is 63.1 Å². The fourth-order valence-electron chi connectivity index (χ4n) is 15.9. The van der Waals surface area contributed by atoms with Crippen LogP contribution in [0.3, 0.4) is 0 Å². The molecule has 91 heavy (non-hydrogen) atoms. The number of alkyl halides is 2. The summed E-state index contributed by atoms with van der Waals surface area (Å²) in [6.45, 7) is 21.2. The van der Waals surface area contributed by atoms with E-state index >= 15 is 0 Å². The Bertz CT molecular complexity index is 2600. The molecule has 19 nitrogen and oxygen atoms in total. The Kier molecular flexibility index (Phi) is 33.8. The summed E-state index contributed by atoms with van der Waals surface area (Å²) in [6, 6.07) is 0. The molecule has 0 aromatic carbocycles. The van der Waals surface area contributed by atoms with Crippen LogP contribution in [0, 0.1) is 76.4 Å². The summed E-state index contributed by atoms with van der Waals surface area (Å²) in [7, 11) is 2.52. The first kappa shape index (κ1) is 85.5. The van der Waals surface area contributed by atoms with Gasteiger partial charge in [0.05, 0.1) is 48.3 Å². The topological polar surface area (TPSA) is 279 Å². The molecule has 12 fully saturated rings. The van der Waals surface area contributed by atoms with Crippen LogP contribution in [0.5, 0.6) is 0 Å². The predicted octanol–water partition coefficient (Wildman–Crippen LogP) is 4.31. The Balaban J connectivity index is 0.000000531. The van der Waals surface area contributed by atoms with Crippen molar-refractivity contribution < 1.29 is 133 Å². The molecule has 1 N–H and O–H groups in total. The molecule has 8 bridgehead atoms. The normalized spacial score (nSPS) is 32.5. The Morgan fingerprint density at radius 3 is 1.14 bits per heavy atom. The van der Waals surface area contributed by atoms with Crippen molar-refractivity contribution in [2.75, 3.05) is 32.6 Å². The zero-order valence-electron chi connectivity index (χ0n) is 55.7. The number of ether oxygens (including phenoxy) is 7. The molecule has 4 spiro atoms. The van der Waals surface area contributed by atoms with Gasteiger partial charge in [-0.25, -0.2) is 9.59 Å². The molecule has 16 rings (SSSR count). The molecule has 4 aliphatic heterocycles. The quantitative estimate of drug-likeness (QED) is 0.0567. The van der Waals surface area contributed by atoms with E-state index in [1.54, 1.807) is 0 Å². The molecule has 502 valence electrons. The maximum Gasteiger partial charge on any atom is 2.00 e. The van der Waals surface area contributed by atoms with Gasteiger partial charge in [0.15, 0.2) is 6.61 Å². The van der Waals surface area contributed by atoms with Crippen LogP contribution < -0.4 is 47.1 Å². The summed E-state index contributed by atoms with van der Waals surface area (Å²) in [5.74, 6) is 0.219.